The summed E-state index contributed by atoms with van der Waals surface area (Å²) in [6.07, 6.45) is 8.71. The summed E-state index contributed by atoms with van der Waals surface area (Å²) in [5, 5.41) is 11.4. The van der Waals surface area contributed by atoms with Gasteiger partial charge in [0, 0.05) is 43.6 Å². The summed E-state index contributed by atoms with van der Waals surface area (Å²) in [5.41, 5.74) is 7.12. The first kappa shape index (κ1) is 27.3. The molecule has 2 fully saturated rings. The molecule has 1 aliphatic heterocycles. The number of nitrogens with one attached hydrogen (secondary N) is 4. The molecule has 0 bridgehead atoms. The molecule has 1 saturated carbocycles. The molecular weight excluding hydrogens is 513 g/mol. The molecule has 0 unspecified atom stereocenters. The number of hydrogen-bond acceptors (Lipinski definition) is 8. The Morgan fingerprint density at radius 1 is 1.02 bits per heavy atom. The van der Waals surface area contributed by atoms with Crippen LogP contribution >= 0.6 is 0 Å². The lowest BCUT2D eigenvalue weighted by atomic mass is 10.1. The van der Waals surface area contributed by atoms with E-state index >= 15 is 0 Å². The van der Waals surface area contributed by atoms with Crippen LogP contribution < -0.4 is 27.0 Å². The Morgan fingerprint density at radius 2 is 1.85 bits per heavy atom. The fourth-order valence-corrected chi connectivity index (χ4v) is 4.47. The molecule has 210 valence electrons. The van der Waals surface area contributed by atoms with Crippen LogP contribution in [0.1, 0.15) is 48.0 Å². The van der Waals surface area contributed by atoms with Gasteiger partial charge >= 0.3 is 6.03 Å². The van der Waals surface area contributed by atoms with E-state index in [0.717, 1.165) is 38.0 Å². The number of nitrogens with zero attached hydrogens (tertiary/aromatic N) is 4. The van der Waals surface area contributed by atoms with E-state index in [9.17, 15) is 14.0 Å². The first-order chi connectivity index (χ1) is 19.4. The molecule has 11 nitrogen and oxygen atoms in total. The highest BCUT2D eigenvalue weighted by molar-refractivity contribution is 5.98. The Kier molecular flexibility index (Phi) is 8.65. The average Bonchev–Trinajstić information content (AvgIpc) is 3.78. The highest BCUT2D eigenvalue weighted by Gasteiger charge is 2.25. The molecule has 3 aromatic rings. The Balaban J connectivity index is 1.22. The van der Waals surface area contributed by atoms with Crippen LogP contribution in [-0.2, 0) is 6.54 Å². The number of carbonyl (C=O) groups is 2. The van der Waals surface area contributed by atoms with Crippen LogP contribution in [0.25, 0.3) is 11.4 Å². The smallest absolute Gasteiger partial charge is 0.319 e. The molecule has 1 saturated heterocycles. The predicted molar refractivity (Wildman–Crippen MR) is 151 cm³/mol. The summed E-state index contributed by atoms with van der Waals surface area (Å²) >= 11 is 0. The van der Waals surface area contributed by atoms with E-state index in [1.807, 2.05) is 0 Å². The molecule has 6 N–H and O–H groups in total. The number of nitrogens with two attached hydrogens (primary N) is 1. The van der Waals surface area contributed by atoms with Crippen LogP contribution in [0.2, 0.25) is 0 Å². The maximum Gasteiger partial charge on any atom is 0.319 e. The van der Waals surface area contributed by atoms with Gasteiger partial charge in [-0.1, -0.05) is 12.5 Å². The van der Waals surface area contributed by atoms with E-state index in [-0.39, 0.29) is 30.0 Å². The lowest BCUT2D eigenvalue weighted by Crippen LogP contribution is -2.37. The van der Waals surface area contributed by atoms with Crippen molar-refractivity contribution in [1.29, 1.82) is 0 Å². The SMILES string of the molecule is Nc1ccc(CNC(=O)Nc2ccc(-c3ncc(C(=O)NCCN4CCCCC4)c(NC4CC4)n3)cc2F)cn1. The topological polar surface area (TPSA) is 150 Å². The lowest BCUT2D eigenvalue weighted by Gasteiger charge is -2.26. The van der Waals surface area contributed by atoms with Crippen LogP contribution in [0.15, 0.2) is 42.7 Å². The summed E-state index contributed by atoms with van der Waals surface area (Å²) in [5.74, 6) is 0.219. The Bertz CT molecular complexity index is 1340. The molecule has 40 heavy (non-hydrogen) atoms. The van der Waals surface area contributed by atoms with Gasteiger partial charge < -0.3 is 31.9 Å². The molecule has 1 aliphatic carbocycles. The minimum atomic E-state index is -0.637. The minimum Gasteiger partial charge on any atom is -0.384 e. The van der Waals surface area contributed by atoms with Crippen LogP contribution in [0.3, 0.4) is 0 Å². The summed E-state index contributed by atoms with van der Waals surface area (Å²) in [6, 6.07) is 7.41. The van der Waals surface area contributed by atoms with E-state index in [0.29, 0.717) is 29.3 Å². The Labute approximate surface area is 232 Å². The molecule has 1 aromatic carbocycles. The van der Waals surface area contributed by atoms with Crippen LogP contribution in [0.5, 0.6) is 0 Å². The number of likely N-dealkylation sites (tertiary alicyclic amines) is 1. The predicted octanol–water partition coefficient (Wildman–Crippen LogP) is 3.37. The van der Waals surface area contributed by atoms with Crippen molar-refractivity contribution in [1.82, 2.24) is 30.5 Å². The van der Waals surface area contributed by atoms with Crippen molar-refractivity contribution in [2.45, 2.75) is 44.7 Å². The number of rotatable bonds is 10. The first-order valence-corrected chi connectivity index (χ1v) is 13.6. The third-order valence-electron chi connectivity index (χ3n) is 6.89. The van der Waals surface area contributed by atoms with Crippen molar-refractivity contribution in [3.63, 3.8) is 0 Å². The van der Waals surface area contributed by atoms with Crippen LogP contribution in [-0.4, -0.2) is 64.0 Å². The van der Waals surface area contributed by atoms with Crippen molar-refractivity contribution in [2.24, 2.45) is 0 Å². The van der Waals surface area contributed by atoms with Crippen LogP contribution in [0, 0.1) is 5.82 Å². The van der Waals surface area contributed by atoms with Crippen molar-refractivity contribution >= 4 is 29.3 Å². The van der Waals surface area contributed by atoms with Crippen molar-refractivity contribution in [3.05, 3.63) is 59.7 Å². The Hall–Kier alpha value is -4.32. The maximum absolute atomic E-state index is 14.9. The molecular formula is C28H34FN9O2. The number of piperidine rings is 1. The molecule has 2 aromatic heterocycles. The molecule has 3 amide bonds. The molecule has 12 heteroatoms. The minimum absolute atomic E-state index is 0.0118. The van der Waals surface area contributed by atoms with Crippen molar-refractivity contribution in [3.8, 4) is 11.4 Å². The zero-order valence-corrected chi connectivity index (χ0v) is 22.3. The van der Waals surface area contributed by atoms with E-state index in [2.05, 4.69) is 41.1 Å². The lowest BCUT2D eigenvalue weighted by molar-refractivity contribution is 0.0946. The second-order valence-corrected chi connectivity index (χ2v) is 10.1. The van der Waals surface area contributed by atoms with Gasteiger partial charge in [0.2, 0.25) is 0 Å². The number of urea groups is 1. The van der Waals surface area contributed by atoms with E-state index < -0.39 is 11.8 Å². The number of carbonyl (C=O) groups excluding carboxylic acids is 2. The summed E-state index contributed by atoms with van der Waals surface area (Å²) < 4.78 is 14.9. The summed E-state index contributed by atoms with van der Waals surface area (Å²) in [4.78, 5) is 40.5. The van der Waals surface area contributed by atoms with Gasteiger partial charge in [-0.3, -0.25) is 4.79 Å². The number of anilines is 3. The highest BCUT2D eigenvalue weighted by atomic mass is 19.1. The summed E-state index contributed by atoms with van der Waals surface area (Å²) in [7, 11) is 0. The molecule has 0 spiro atoms. The van der Waals surface area contributed by atoms with Gasteiger partial charge in [0.15, 0.2) is 5.82 Å². The van der Waals surface area contributed by atoms with Gasteiger partial charge in [-0.05, 0) is 68.6 Å². The molecule has 0 radical (unpaired) electrons. The van der Waals surface area contributed by atoms with Crippen LogP contribution in [0.4, 0.5) is 26.5 Å². The third kappa shape index (κ3) is 7.41. The largest absolute Gasteiger partial charge is 0.384 e. The molecule has 3 heterocycles. The standard InChI is InChI=1S/C28H34FN9O2/c29-22-14-19(5-8-23(22)36-28(40)34-16-18-4-9-24(30)32-15-18)25-33-17-21(26(37-25)35-20-6-7-20)27(39)31-10-13-38-11-2-1-3-12-38/h4-5,8-9,14-15,17,20H,1-3,6-7,10-13,16H2,(H2,30,32)(H,31,39)(H,33,35,37)(H2,34,36,40). The zero-order chi connectivity index (χ0) is 27.9. The monoisotopic (exact) mass is 547 g/mol. The van der Waals surface area contributed by atoms with Gasteiger partial charge in [0.25, 0.3) is 5.91 Å². The average molecular weight is 548 g/mol. The quantitative estimate of drug-likeness (QED) is 0.259. The van der Waals surface area contributed by atoms with E-state index in [4.69, 9.17) is 5.73 Å². The van der Waals surface area contributed by atoms with Gasteiger partial charge in [0.1, 0.15) is 23.0 Å². The number of amides is 3. The number of hydrogen-bond donors (Lipinski definition) is 5. The summed E-state index contributed by atoms with van der Waals surface area (Å²) in [6.45, 7) is 3.71. The molecule has 0 atom stereocenters. The van der Waals surface area contributed by atoms with Gasteiger partial charge in [0.05, 0.1) is 5.69 Å². The normalized spacial score (nSPS) is 15.3. The van der Waals surface area contributed by atoms with Crippen molar-refractivity contribution in [2.75, 3.05) is 42.5 Å². The van der Waals surface area contributed by atoms with E-state index in [1.165, 1.54) is 37.6 Å². The number of pyridine rings is 1. The maximum atomic E-state index is 14.9. The van der Waals surface area contributed by atoms with Gasteiger partial charge in [-0.25, -0.2) is 24.1 Å². The second-order valence-electron chi connectivity index (χ2n) is 10.1. The Morgan fingerprint density at radius 3 is 2.58 bits per heavy atom. The first-order valence-electron chi connectivity index (χ1n) is 13.6. The van der Waals surface area contributed by atoms with Gasteiger partial charge in [-0.2, -0.15) is 0 Å². The fourth-order valence-electron chi connectivity index (χ4n) is 4.47. The third-order valence-corrected chi connectivity index (χ3v) is 6.89. The fraction of sp³-hybridized carbons (Fsp3) is 0.393. The second kappa shape index (κ2) is 12.7. The highest BCUT2D eigenvalue weighted by Crippen LogP contribution is 2.28. The molecule has 5 rings (SSSR count). The van der Waals surface area contributed by atoms with E-state index in [1.54, 1.807) is 24.4 Å². The number of halogens is 1. The number of aromatic nitrogens is 3. The van der Waals surface area contributed by atoms with Crippen molar-refractivity contribution < 1.29 is 14.0 Å². The molecule has 2 aliphatic rings. The van der Waals surface area contributed by atoms with Gasteiger partial charge in [-0.15, -0.1) is 0 Å². The zero-order valence-electron chi connectivity index (χ0n) is 22.3. The number of nitrogen functional groups attached to an aromatic ring is 1. The number of benzene rings is 1.